The number of allylic oxidation sites excluding steroid dienone is 2. The summed E-state index contributed by atoms with van der Waals surface area (Å²) in [5.74, 6) is 2.64. The molecule has 7 heteroatoms. The molecule has 0 saturated heterocycles. The molecule has 4 aliphatic rings. The lowest BCUT2D eigenvalue weighted by molar-refractivity contribution is -0.128. The third-order valence-corrected chi connectivity index (χ3v) is 10.1. The Labute approximate surface area is 208 Å². The molecular weight excluding hydrogens is 440 g/mol. The zero-order valence-corrected chi connectivity index (χ0v) is 21.4. The Balaban J connectivity index is 1.18. The number of rotatable bonds is 7. The van der Waals surface area contributed by atoms with Crippen LogP contribution in [0.4, 0.5) is 0 Å². The Kier molecular flexibility index (Phi) is 6.62. The number of amides is 1. The van der Waals surface area contributed by atoms with Crippen LogP contribution in [0, 0.1) is 34.5 Å². The molecule has 35 heavy (non-hydrogen) atoms. The summed E-state index contributed by atoms with van der Waals surface area (Å²) < 4.78 is 0. The van der Waals surface area contributed by atoms with Crippen LogP contribution >= 0.6 is 0 Å². The lowest BCUT2D eigenvalue weighted by atomic mass is 9.46. The number of carbonyl (C=O) groups excluding carboxylic acids is 2. The molecule has 1 amide bonds. The smallest absolute Gasteiger partial charge is 0.260 e. The van der Waals surface area contributed by atoms with Gasteiger partial charge in [0, 0.05) is 30.8 Å². The predicted octanol–water partition coefficient (Wildman–Crippen LogP) is 4.61. The van der Waals surface area contributed by atoms with E-state index in [0.29, 0.717) is 30.6 Å². The first-order chi connectivity index (χ1) is 16.8. The normalized spacial score (nSPS) is 37.1. The molecule has 6 atom stereocenters. The number of aromatic amines is 1. The standard InChI is InChI=1S/C28H40N4O3/c1-18(33)23-6-7-24-22-5-4-19-14-20(8-11-27(19,2)25(22)9-12-28(23,24)3)32-35-16-26(34)30-13-10-21-15-29-17-31-21/h14-15,17,22-25H,4-13,16H2,1-3H3,(H,29,31)(H,30,34)/t22-,23-,24+,25-,27-,28+/m0/s1. The van der Waals surface area contributed by atoms with E-state index < -0.39 is 0 Å². The zero-order chi connectivity index (χ0) is 24.6. The fourth-order valence-corrected chi connectivity index (χ4v) is 8.29. The molecule has 3 fully saturated rings. The van der Waals surface area contributed by atoms with Gasteiger partial charge in [0.1, 0.15) is 5.78 Å². The van der Waals surface area contributed by atoms with Gasteiger partial charge in [-0.3, -0.25) is 9.59 Å². The molecule has 4 aliphatic carbocycles. The minimum atomic E-state index is -0.159. The van der Waals surface area contributed by atoms with Crippen molar-refractivity contribution in [3.8, 4) is 0 Å². The van der Waals surface area contributed by atoms with Crippen molar-refractivity contribution in [3.63, 3.8) is 0 Å². The molecule has 5 rings (SSSR count). The first-order valence-electron chi connectivity index (χ1n) is 13.5. The fourth-order valence-electron chi connectivity index (χ4n) is 8.29. The molecule has 0 unspecified atom stereocenters. The van der Waals surface area contributed by atoms with Crippen molar-refractivity contribution in [3.05, 3.63) is 29.9 Å². The van der Waals surface area contributed by atoms with Crippen LogP contribution in [0.1, 0.15) is 77.8 Å². The van der Waals surface area contributed by atoms with Crippen molar-refractivity contribution in [2.24, 2.45) is 39.7 Å². The first-order valence-corrected chi connectivity index (χ1v) is 13.5. The zero-order valence-electron chi connectivity index (χ0n) is 21.4. The Morgan fingerprint density at radius 1 is 1.17 bits per heavy atom. The number of H-pyrrole nitrogens is 1. The van der Waals surface area contributed by atoms with Crippen LogP contribution in [0.3, 0.4) is 0 Å². The molecule has 1 aromatic rings. The maximum absolute atomic E-state index is 12.4. The first kappa shape index (κ1) is 24.3. The van der Waals surface area contributed by atoms with Crippen LogP contribution in [-0.4, -0.2) is 40.5 Å². The van der Waals surface area contributed by atoms with E-state index in [-0.39, 0.29) is 29.3 Å². The average Bonchev–Trinajstić information content (AvgIpc) is 3.46. The molecule has 190 valence electrons. The van der Waals surface area contributed by atoms with Gasteiger partial charge >= 0.3 is 0 Å². The summed E-state index contributed by atoms with van der Waals surface area (Å²) in [4.78, 5) is 36.8. The van der Waals surface area contributed by atoms with Gasteiger partial charge in [-0.1, -0.05) is 24.6 Å². The van der Waals surface area contributed by atoms with Gasteiger partial charge in [-0.05, 0) is 93.0 Å². The van der Waals surface area contributed by atoms with Crippen molar-refractivity contribution < 1.29 is 14.4 Å². The van der Waals surface area contributed by atoms with E-state index in [0.717, 1.165) is 43.0 Å². The molecule has 0 radical (unpaired) electrons. The van der Waals surface area contributed by atoms with Gasteiger partial charge in [0.15, 0.2) is 6.61 Å². The second kappa shape index (κ2) is 9.55. The van der Waals surface area contributed by atoms with Crippen molar-refractivity contribution in [2.45, 2.75) is 78.6 Å². The van der Waals surface area contributed by atoms with Gasteiger partial charge < -0.3 is 15.1 Å². The van der Waals surface area contributed by atoms with E-state index in [2.05, 4.69) is 40.4 Å². The highest BCUT2D eigenvalue weighted by atomic mass is 16.6. The van der Waals surface area contributed by atoms with E-state index in [1.165, 1.54) is 31.3 Å². The van der Waals surface area contributed by atoms with Gasteiger partial charge in [-0.25, -0.2) is 4.98 Å². The van der Waals surface area contributed by atoms with Gasteiger partial charge in [0.25, 0.3) is 5.91 Å². The van der Waals surface area contributed by atoms with E-state index in [1.54, 1.807) is 12.5 Å². The average molecular weight is 481 g/mol. The van der Waals surface area contributed by atoms with Crippen molar-refractivity contribution >= 4 is 17.4 Å². The van der Waals surface area contributed by atoms with Crippen molar-refractivity contribution in [2.75, 3.05) is 13.2 Å². The Hall–Kier alpha value is -2.44. The fraction of sp³-hybridized carbons (Fsp3) is 0.714. The van der Waals surface area contributed by atoms with Crippen LogP contribution in [0.5, 0.6) is 0 Å². The summed E-state index contributed by atoms with van der Waals surface area (Å²) >= 11 is 0. The minimum Gasteiger partial charge on any atom is -0.385 e. The van der Waals surface area contributed by atoms with Crippen molar-refractivity contribution in [1.82, 2.24) is 15.3 Å². The number of hydrogen-bond donors (Lipinski definition) is 2. The monoisotopic (exact) mass is 480 g/mol. The van der Waals surface area contributed by atoms with E-state index >= 15 is 0 Å². The molecule has 0 aromatic carbocycles. The van der Waals surface area contributed by atoms with Gasteiger partial charge in [-0.2, -0.15) is 0 Å². The van der Waals surface area contributed by atoms with Crippen LogP contribution in [-0.2, 0) is 20.8 Å². The maximum atomic E-state index is 12.4. The van der Waals surface area contributed by atoms with Crippen LogP contribution in [0.25, 0.3) is 0 Å². The van der Waals surface area contributed by atoms with Crippen LogP contribution < -0.4 is 5.32 Å². The topological polar surface area (TPSA) is 96.4 Å². The van der Waals surface area contributed by atoms with Gasteiger partial charge in [0.2, 0.25) is 0 Å². The molecule has 0 aliphatic heterocycles. The Morgan fingerprint density at radius 3 is 2.80 bits per heavy atom. The third kappa shape index (κ3) is 4.47. The lowest BCUT2D eigenvalue weighted by Gasteiger charge is -2.58. The predicted molar refractivity (Wildman–Crippen MR) is 135 cm³/mol. The number of Topliss-reactive ketones (excluding diaryl/α,β-unsaturated/α-hetero) is 1. The molecule has 0 spiro atoms. The second-order valence-corrected chi connectivity index (χ2v) is 11.8. The number of oxime groups is 1. The highest BCUT2D eigenvalue weighted by molar-refractivity contribution is 5.96. The number of hydrogen-bond acceptors (Lipinski definition) is 5. The summed E-state index contributed by atoms with van der Waals surface area (Å²) in [5, 5.41) is 7.18. The number of imidazole rings is 1. The summed E-state index contributed by atoms with van der Waals surface area (Å²) in [6.07, 6.45) is 15.4. The quantitative estimate of drug-likeness (QED) is 0.557. The molecule has 7 nitrogen and oxygen atoms in total. The molecule has 1 aromatic heterocycles. The number of nitrogens with one attached hydrogen (secondary N) is 2. The van der Waals surface area contributed by atoms with Crippen LogP contribution in [0.2, 0.25) is 0 Å². The largest absolute Gasteiger partial charge is 0.385 e. The maximum Gasteiger partial charge on any atom is 0.260 e. The summed E-state index contributed by atoms with van der Waals surface area (Å²) in [5.41, 5.74) is 3.90. The SMILES string of the molecule is CC(=O)[C@@H]1CC[C@@H]2[C@@H]3CCC4=CC(=NOCC(=O)NCCc5cnc[nH]5)CC[C@]4(C)[C@H]3CC[C@@]21C. The summed E-state index contributed by atoms with van der Waals surface area (Å²) in [7, 11) is 0. The van der Waals surface area contributed by atoms with E-state index in [1.807, 2.05) is 6.92 Å². The lowest BCUT2D eigenvalue weighted by Crippen LogP contribution is -2.51. The van der Waals surface area contributed by atoms with Gasteiger partial charge in [-0.15, -0.1) is 0 Å². The van der Waals surface area contributed by atoms with Crippen LogP contribution in [0.15, 0.2) is 29.3 Å². The molecule has 1 heterocycles. The summed E-state index contributed by atoms with van der Waals surface area (Å²) in [6, 6.07) is 0. The van der Waals surface area contributed by atoms with Crippen molar-refractivity contribution in [1.29, 1.82) is 0 Å². The minimum absolute atomic E-state index is 0.0603. The third-order valence-electron chi connectivity index (χ3n) is 10.1. The number of nitrogens with zero attached hydrogens (tertiary/aromatic N) is 2. The number of fused-ring (bicyclic) bond motifs is 5. The van der Waals surface area contributed by atoms with E-state index in [9.17, 15) is 9.59 Å². The Bertz CT molecular complexity index is 1020. The number of aromatic nitrogens is 2. The molecule has 2 N–H and O–H groups in total. The highest BCUT2D eigenvalue weighted by Crippen LogP contribution is 2.66. The van der Waals surface area contributed by atoms with E-state index in [4.69, 9.17) is 4.84 Å². The molecular formula is C28H40N4O3. The highest BCUT2D eigenvalue weighted by Gasteiger charge is 2.59. The number of ketones is 1. The molecule has 3 saturated carbocycles. The molecule has 0 bridgehead atoms. The second-order valence-electron chi connectivity index (χ2n) is 11.8. The summed E-state index contributed by atoms with van der Waals surface area (Å²) in [6.45, 7) is 7.17. The Morgan fingerprint density at radius 2 is 2.03 bits per heavy atom. The van der Waals surface area contributed by atoms with Gasteiger partial charge in [0.05, 0.1) is 12.0 Å². The number of carbonyl (C=O) groups is 2.